The lowest BCUT2D eigenvalue weighted by Gasteiger charge is -2.12. The summed E-state index contributed by atoms with van der Waals surface area (Å²) in [7, 11) is 0. The summed E-state index contributed by atoms with van der Waals surface area (Å²) in [5.74, 6) is 0. The molecule has 0 amide bonds. The van der Waals surface area contributed by atoms with Crippen molar-refractivity contribution < 1.29 is 17.6 Å². The molecule has 0 saturated carbocycles. The van der Waals surface area contributed by atoms with Crippen LogP contribution in [0.4, 0.5) is 13.2 Å². The zero-order valence-electron chi connectivity index (χ0n) is 10.4. The summed E-state index contributed by atoms with van der Waals surface area (Å²) in [6.45, 7) is 2.47. The lowest BCUT2D eigenvalue weighted by atomic mass is 10.1. The number of benzene rings is 1. The number of halogens is 3. The fourth-order valence-corrected chi connectivity index (χ4v) is 1.72. The molecule has 19 heavy (non-hydrogen) atoms. The Hall–Kier alpha value is -1.75. The van der Waals surface area contributed by atoms with Crippen molar-refractivity contribution in [2.45, 2.75) is 25.7 Å². The monoisotopic (exact) mass is 269 g/mol. The zero-order valence-corrected chi connectivity index (χ0v) is 10.4. The van der Waals surface area contributed by atoms with E-state index in [1.54, 1.807) is 12.5 Å². The Morgan fingerprint density at radius 3 is 2.37 bits per heavy atom. The third kappa shape index (κ3) is 3.61. The molecule has 0 bridgehead atoms. The van der Waals surface area contributed by atoms with Crippen LogP contribution in [0.15, 0.2) is 47.3 Å². The highest BCUT2D eigenvalue weighted by atomic mass is 19.4. The first-order chi connectivity index (χ1) is 8.97. The first kappa shape index (κ1) is 13.7. The second-order valence-electron chi connectivity index (χ2n) is 4.35. The standard InChI is InChI=1S/C14H14F3NO/c1-10(12-6-7-19-9-12)18-8-11-2-4-13(5-3-11)14(15,16)17/h2-7,9-10,18H,8H2,1H3. The van der Waals surface area contributed by atoms with Gasteiger partial charge in [-0.2, -0.15) is 13.2 Å². The summed E-state index contributed by atoms with van der Waals surface area (Å²) in [5.41, 5.74) is 1.19. The maximum absolute atomic E-state index is 12.4. The summed E-state index contributed by atoms with van der Waals surface area (Å²) in [6, 6.07) is 7.10. The highest BCUT2D eigenvalue weighted by molar-refractivity contribution is 5.24. The van der Waals surface area contributed by atoms with E-state index in [-0.39, 0.29) is 6.04 Å². The Balaban J connectivity index is 1.93. The molecular weight excluding hydrogens is 255 g/mol. The van der Waals surface area contributed by atoms with E-state index in [1.807, 2.05) is 13.0 Å². The van der Waals surface area contributed by atoms with Gasteiger partial charge in [0.1, 0.15) is 0 Å². The maximum Gasteiger partial charge on any atom is 0.416 e. The SMILES string of the molecule is CC(NCc1ccc(C(F)(F)F)cc1)c1ccoc1. The normalized spacial score (nSPS) is 13.5. The highest BCUT2D eigenvalue weighted by Gasteiger charge is 2.29. The third-order valence-electron chi connectivity index (χ3n) is 2.94. The van der Waals surface area contributed by atoms with E-state index in [2.05, 4.69) is 5.32 Å². The molecule has 2 rings (SSSR count). The van der Waals surface area contributed by atoms with Gasteiger partial charge in [0.25, 0.3) is 0 Å². The van der Waals surface area contributed by atoms with Gasteiger partial charge in [0.15, 0.2) is 0 Å². The lowest BCUT2D eigenvalue weighted by Crippen LogP contribution is -2.17. The average molecular weight is 269 g/mol. The van der Waals surface area contributed by atoms with Crippen LogP contribution in [0.5, 0.6) is 0 Å². The molecule has 1 heterocycles. The highest BCUT2D eigenvalue weighted by Crippen LogP contribution is 2.29. The molecule has 2 aromatic rings. The third-order valence-corrected chi connectivity index (χ3v) is 2.94. The summed E-state index contributed by atoms with van der Waals surface area (Å²) in [4.78, 5) is 0. The Labute approximate surface area is 109 Å². The molecule has 0 spiro atoms. The van der Waals surface area contributed by atoms with Gasteiger partial charge in [-0.1, -0.05) is 12.1 Å². The van der Waals surface area contributed by atoms with Crippen molar-refractivity contribution in [3.8, 4) is 0 Å². The quantitative estimate of drug-likeness (QED) is 0.902. The number of alkyl halides is 3. The predicted molar refractivity (Wildman–Crippen MR) is 65.4 cm³/mol. The van der Waals surface area contributed by atoms with E-state index >= 15 is 0 Å². The molecule has 0 saturated heterocycles. The molecule has 0 radical (unpaired) electrons. The summed E-state index contributed by atoms with van der Waals surface area (Å²) in [5, 5.41) is 3.22. The van der Waals surface area contributed by atoms with Crippen molar-refractivity contribution in [2.24, 2.45) is 0 Å². The Morgan fingerprint density at radius 1 is 1.16 bits per heavy atom. The largest absolute Gasteiger partial charge is 0.472 e. The average Bonchev–Trinajstić information content (AvgIpc) is 2.89. The van der Waals surface area contributed by atoms with E-state index < -0.39 is 11.7 Å². The van der Waals surface area contributed by atoms with E-state index in [1.165, 1.54) is 12.1 Å². The van der Waals surface area contributed by atoms with Crippen LogP contribution < -0.4 is 5.32 Å². The second kappa shape index (κ2) is 5.48. The first-order valence-electron chi connectivity index (χ1n) is 5.88. The number of rotatable bonds is 4. The number of hydrogen-bond donors (Lipinski definition) is 1. The molecule has 102 valence electrons. The van der Waals surface area contributed by atoms with Crippen LogP contribution in [-0.4, -0.2) is 0 Å². The van der Waals surface area contributed by atoms with Crippen molar-refractivity contribution in [2.75, 3.05) is 0 Å². The van der Waals surface area contributed by atoms with E-state index in [0.29, 0.717) is 6.54 Å². The van der Waals surface area contributed by atoms with Crippen molar-refractivity contribution in [3.63, 3.8) is 0 Å². The van der Waals surface area contributed by atoms with E-state index in [9.17, 15) is 13.2 Å². The van der Waals surface area contributed by atoms with Gasteiger partial charge >= 0.3 is 6.18 Å². The Morgan fingerprint density at radius 2 is 1.84 bits per heavy atom. The van der Waals surface area contributed by atoms with Gasteiger partial charge in [-0.3, -0.25) is 0 Å². The molecule has 5 heteroatoms. The molecular formula is C14H14F3NO. The van der Waals surface area contributed by atoms with E-state index in [0.717, 1.165) is 23.3 Å². The molecule has 1 aromatic carbocycles. The number of nitrogens with one attached hydrogen (secondary N) is 1. The minimum atomic E-state index is -4.28. The van der Waals surface area contributed by atoms with E-state index in [4.69, 9.17) is 4.42 Å². The molecule has 0 aliphatic rings. The van der Waals surface area contributed by atoms with Crippen molar-refractivity contribution >= 4 is 0 Å². The second-order valence-corrected chi connectivity index (χ2v) is 4.35. The number of hydrogen-bond acceptors (Lipinski definition) is 2. The molecule has 2 nitrogen and oxygen atoms in total. The van der Waals surface area contributed by atoms with Gasteiger partial charge in [0, 0.05) is 18.2 Å². The lowest BCUT2D eigenvalue weighted by molar-refractivity contribution is -0.137. The Bertz CT molecular complexity index is 502. The minimum Gasteiger partial charge on any atom is -0.472 e. The van der Waals surface area contributed by atoms with Crippen molar-refractivity contribution in [3.05, 3.63) is 59.5 Å². The smallest absolute Gasteiger partial charge is 0.416 e. The fourth-order valence-electron chi connectivity index (χ4n) is 1.72. The minimum absolute atomic E-state index is 0.0843. The van der Waals surface area contributed by atoms with Crippen molar-refractivity contribution in [1.29, 1.82) is 0 Å². The van der Waals surface area contributed by atoms with Crippen LogP contribution >= 0.6 is 0 Å². The van der Waals surface area contributed by atoms with Crippen LogP contribution in [0, 0.1) is 0 Å². The van der Waals surface area contributed by atoms with Gasteiger partial charge in [-0.15, -0.1) is 0 Å². The molecule has 1 atom stereocenters. The van der Waals surface area contributed by atoms with Crippen LogP contribution in [0.3, 0.4) is 0 Å². The predicted octanol–water partition coefficient (Wildman–Crippen LogP) is 4.15. The maximum atomic E-state index is 12.4. The zero-order chi connectivity index (χ0) is 13.9. The molecule has 1 aromatic heterocycles. The molecule has 1 unspecified atom stereocenters. The summed E-state index contributed by atoms with van der Waals surface area (Å²) >= 11 is 0. The fraction of sp³-hybridized carbons (Fsp3) is 0.286. The van der Waals surface area contributed by atoms with Crippen LogP contribution in [-0.2, 0) is 12.7 Å². The summed E-state index contributed by atoms with van der Waals surface area (Å²) in [6.07, 6.45) is -1.05. The summed E-state index contributed by atoms with van der Waals surface area (Å²) < 4.78 is 42.2. The molecule has 1 N–H and O–H groups in total. The van der Waals surface area contributed by atoms with Crippen LogP contribution in [0.25, 0.3) is 0 Å². The van der Waals surface area contributed by atoms with Crippen LogP contribution in [0.1, 0.15) is 29.7 Å². The van der Waals surface area contributed by atoms with Gasteiger partial charge in [-0.05, 0) is 30.7 Å². The topological polar surface area (TPSA) is 25.2 Å². The van der Waals surface area contributed by atoms with Crippen LogP contribution in [0.2, 0.25) is 0 Å². The van der Waals surface area contributed by atoms with Crippen molar-refractivity contribution in [1.82, 2.24) is 5.32 Å². The van der Waals surface area contributed by atoms with Gasteiger partial charge < -0.3 is 9.73 Å². The molecule has 0 aliphatic carbocycles. The van der Waals surface area contributed by atoms with Gasteiger partial charge in [0.2, 0.25) is 0 Å². The first-order valence-corrected chi connectivity index (χ1v) is 5.88. The molecule has 0 aliphatic heterocycles. The molecule has 0 fully saturated rings. The number of furan rings is 1. The Kier molecular flexibility index (Phi) is 3.95. The van der Waals surface area contributed by atoms with Gasteiger partial charge in [-0.25, -0.2) is 0 Å². The van der Waals surface area contributed by atoms with Gasteiger partial charge in [0.05, 0.1) is 18.1 Å².